The molecule has 74 valence electrons. The highest BCUT2D eigenvalue weighted by molar-refractivity contribution is 5.99. The van der Waals surface area contributed by atoms with Crippen molar-refractivity contribution < 1.29 is 4.79 Å². The molecule has 1 aliphatic rings. The lowest BCUT2D eigenvalue weighted by atomic mass is 10.0. The maximum atomic E-state index is 11.7. The molecule has 14 heavy (non-hydrogen) atoms. The van der Waals surface area contributed by atoms with E-state index in [1.54, 1.807) is 0 Å². The third-order valence-corrected chi connectivity index (χ3v) is 2.22. The first-order valence-electron chi connectivity index (χ1n) is 4.64. The highest BCUT2D eigenvalue weighted by atomic mass is 16.1. The molecule has 0 aliphatic carbocycles. The van der Waals surface area contributed by atoms with Gasteiger partial charge in [-0.25, -0.2) is 0 Å². The lowest BCUT2D eigenvalue weighted by Crippen LogP contribution is -2.19. The Kier molecular flexibility index (Phi) is 2.13. The number of anilines is 2. The van der Waals surface area contributed by atoms with Gasteiger partial charge in [-0.05, 0) is 18.2 Å². The lowest BCUT2D eigenvalue weighted by molar-refractivity contribution is 0.0939. The van der Waals surface area contributed by atoms with Crippen LogP contribution in [-0.4, -0.2) is 5.78 Å². The highest BCUT2D eigenvalue weighted by Crippen LogP contribution is 2.26. The number of hydrogen-bond donors (Lipinski definition) is 3. The van der Waals surface area contributed by atoms with E-state index in [2.05, 4.69) is 16.4 Å². The van der Waals surface area contributed by atoms with Crippen LogP contribution in [0.4, 0.5) is 11.4 Å². The minimum Gasteiger partial charge on any atom is -0.302 e. The van der Waals surface area contributed by atoms with E-state index in [4.69, 9.17) is 0 Å². The Morgan fingerprint density at radius 2 is 1.93 bits per heavy atom. The molecule has 0 radical (unpaired) electrons. The average molecular weight is 191 g/mol. The standard InChI is InChI=1S/C10H13N3O/c1-6(2)10(14)7-3-4-8-9(5-7)12-13-11-8/h3-6,11-13H,1-2H3. The van der Waals surface area contributed by atoms with E-state index in [9.17, 15) is 4.79 Å². The molecule has 0 bridgehead atoms. The molecule has 0 unspecified atom stereocenters. The molecule has 0 spiro atoms. The molecule has 1 heterocycles. The van der Waals surface area contributed by atoms with Gasteiger partial charge in [-0.2, -0.15) is 0 Å². The molecule has 4 heteroatoms. The maximum Gasteiger partial charge on any atom is 0.165 e. The number of hydrogen-bond acceptors (Lipinski definition) is 4. The first kappa shape index (κ1) is 9.02. The van der Waals surface area contributed by atoms with Crippen LogP contribution >= 0.6 is 0 Å². The van der Waals surface area contributed by atoms with Crippen LogP contribution in [0.2, 0.25) is 0 Å². The second-order valence-electron chi connectivity index (χ2n) is 3.65. The molecule has 0 amide bonds. The fourth-order valence-corrected chi connectivity index (χ4v) is 1.41. The van der Waals surface area contributed by atoms with Crippen LogP contribution in [-0.2, 0) is 0 Å². The van der Waals surface area contributed by atoms with Crippen molar-refractivity contribution in [2.24, 2.45) is 5.92 Å². The van der Waals surface area contributed by atoms with Crippen LogP contribution in [0.5, 0.6) is 0 Å². The summed E-state index contributed by atoms with van der Waals surface area (Å²) in [5.41, 5.74) is 11.2. The van der Waals surface area contributed by atoms with Crippen molar-refractivity contribution in [1.29, 1.82) is 0 Å². The summed E-state index contributed by atoms with van der Waals surface area (Å²) in [7, 11) is 0. The fourth-order valence-electron chi connectivity index (χ4n) is 1.41. The minimum absolute atomic E-state index is 0.0374. The Labute approximate surface area is 82.6 Å². The molecule has 2 rings (SSSR count). The average Bonchev–Trinajstić information content (AvgIpc) is 2.62. The van der Waals surface area contributed by atoms with Gasteiger partial charge in [0.1, 0.15) is 0 Å². The van der Waals surface area contributed by atoms with E-state index in [0.29, 0.717) is 0 Å². The van der Waals surface area contributed by atoms with Gasteiger partial charge in [0.15, 0.2) is 5.78 Å². The predicted octanol–water partition coefficient (Wildman–Crippen LogP) is 1.78. The largest absolute Gasteiger partial charge is 0.302 e. The molecule has 0 fully saturated rings. The maximum absolute atomic E-state index is 11.7. The molecule has 3 N–H and O–H groups in total. The normalized spacial score (nSPS) is 13.4. The Morgan fingerprint density at radius 3 is 2.64 bits per heavy atom. The van der Waals surface area contributed by atoms with Crippen LogP contribution in [0.1, 0.15) is 24.2 Å². The third-order valence-electron chi connectivity index (χ3n) is 2.22. The van der Waals surface area contributed by atoms with E-state index in [1.165, 1.54) is 0 Å². The van der Waals surface area contributed by atoms with Gasteiger partial charge in [-0.15, -0.1) is 5.53 Å². The summed E-state index contributed by atoms with van der Waals surface area (Å²) >= 11 is 0. The van der Waals surface area contributed by atoms with Crippen molar-refractivity contribution in [3.63, 3.8) is 0 Å². The van der Waals surface area contributed by atoms with Crippen molar-refractivity contribution in [3.8, 4) is 0 Å². The van der Waals surface area contributed by atoms with Gasteiger partial charge in [-0.3, -0.25) is 4.79 Å². The van der Waals surface area contributed by atoms with Crippen LogP contribution in [0.15, 0.2) is 18.2 Å². The van der Waals surface area contributed by atoms with E-state index < -0.39 is 0 Å². The number of fused-ring (bicyclic) bond motifs is 1. The molecule has 0 atom stereocenters. The Balaban J connectivity index is 2.33. The number of benzene rings is 1. The first-order valence-corrected chi connectivity index (χ1v) is 4.64. The molecule has 4 nitrogen and oxygen atoms in total. The van der Waals surface area contributed by atoms with Gasteiger partial charge in [0.25, 0.3) is 0 Å². The third kappa shape index (κ3) is 1.44. The van der Waals surface area contributed by atoms with Crippen molar-refractivity contribution >= 4 is 17.2 Å². The topological polar surface area (TPSA) is 53.2 Å². The van der Waals surface area contributed by atoms with Crippen molar-refractivity contribution in [1.82, 2.24) is 5.53 Å². The summed E-state index contributed by atoms with van der Waals surface area (Å²) in [5, 5.41) is 0. The van der Waals surface area contributed by atoms with Crippen molar-refractivity contribution in [2.75, 3.05) is 10.9 Å². The number of Topliss-reactive ketones (excluding diaryl/α,β-unsaturated/α-hetero) is 1. The smallest absolute Gasteiger partial charge is 0.165 e. The Hall–Kier alpha value is -1.55. The van der Waals surface area contributed by atoms with E-state index >= 15 is 0 Å². The molecular weight excluding hydrogens is 178 g/mol. The molecule has 0 saturated carbocycles. The second-order valence-corrected chi connectivity index (χ2v) is 3.65. The number of nitrogens with one attached hydrogen (secondary N) is 3. The molecule has 1 aromatic carbocycles. The predicted molar refractivity (Wildman–Crippen MR) is 56.0 cm³/mol. The zero-order valence-corrected chi connectivity index (χ0v) is 8.22. The first-order chi connectivity index (χ1) is 6.68. The van der Waals surface area contributed by atoms with Crippen LogP contribution in [0.3, 0.4) is 0 Å². The zero-order valence-electron chi connectivity index (χ0n) is 8.22. The van der Waals surface area contributed by atoms with Gasteiger partial charge >= 0.3 is 0 Å². The molecular formula is C10H13N3O. The van der Waals surface area contributed by atoms with E-state index in [-0.39, 0.29) is 11.7 Å². The van der Waals surface area contributed by atoms with Gasteiger partial charge in [-0.1, -0.05) is 13.8 Å². The summed E-state index contributed by atoms with van der Waals surface area (Å²) in [5.74, 6) is 0.205. The van der Waals surface area contributed by atoms with Crippen molar-refractivity contribution in [2.45, 2.75) is 13.8 Å². The molecule has 0 saturated heterocycles. The van der Waals surface area contributed by atoms with Crippen LogP contribution in [0, 0.1) is 5.92 Å². The van der Waals surface area contributed by atoms with Gasteiger partial charge in [0.2, 0.25) is 0 Å². The summed E-state index contributed by atoms with van der Waals surface area (Å²) in [6.45, 7) is 3.80. The summed E-state index contributed by atoms with van der Waals surface area (Å²) in [4.78, 5) is 11.7. The summed E-state index contributed by atoms with van der Waals surface area (Å²) in [6, 6.07) is 5.57. The fraction of sp³-hybridized carbons (Fsp3) is 0.300. The van der Waals surface area contributed by atoms with Gasteiger partial charge < -0.3 is 10.9 Å². The number of hydrazine groups is 2. The zero-order chi connectivity index (χ0) is 10.1. The number of carbonyl (C=O) groups is 1. The monoisotopic (exact) mass is 191 g/mol. The number of carbonyl (C=O) groups excluding carboxylic acids is 1. The summed E-state index contributed by atoms with van der Waals surface area (Å²) in [6.07, 6.45) is 0. The number of ketones is 1. The Bertz CT molecular complexity index is 374. The van der Waals surface area contributed by atoms with Crippen LogP contribution in [0.25, 0.3) is 0 Å². The quantitative estimate of drug-likeness (QED) is 0.624. The van der Waals surface area contributed by atoms with Crippen molar-refractivity contribution in [3.05, 3.63) is 23.8 Å². The molecule has 0 aromatic heterocycles. The van der Waals surface area contributed by atoms with Gasteiger partial charge in [0, 0.05) is 11.5 Å². The van der Waals surface area contributed by atoms with E-state index in [0.717, 1.165) is 16.9 Å². The Morgan fingerprint density at radius 1 is 1.21 bits per heavy atom. The van der Waals surface area contributed by atoms with E-state index in [1.807, 2.05) is 32.0 Å². The number of rotatable bonds is 2. The van der Waals surface area contributed by atoms with Crippen LogP contribution < -0.4 is 16.4 Å². The minimum atomic E-state index is 0.0374. The SMILES string of the molecule is CC(C)C(=O)c1ccc2c(c1)NNN2. The molecule has 1 aromatic rings. The van der Waals surface area contributed by atoms with Gasteiger partial charge in [0.05, 0.1) is 11.4 Å². The lowest BCUT2D eigenvalue weighted by Gasteiger charge is -2.05. The second kappa shape index (κ2) is 3.31. The highest BCUT2D eigenvalue weighted by Gasteiger charge is 2.14. The molecule has 1 aliphatic heterocycles. The summed E-state index contributed by atoms with van der Waals surface area (Å²) < 4.78 is 0.